The van der Waals surface area contributed by atoms with Crippen LogP contribution >= 0.6 is 0 Å². The summed E-state index contributed by atoms with van der Waals surface area (Å²) in [6.07, 6.45) is 0.0224. The number of carbonyl (C=O) groups excluding carboxylic acids is 2. The van der Waals surface area contributed by atoms with Crippen molar-refractivity contribution >= 4 is 23.5 Å². The van der Waals surface area contributed by atoms with Gasteiger partial charge in [0.1, 0.15) is 5.56 Å². The number of hydroxylamine groups is 2. The van der Waals surface area contributed by atoms with E-state index in [0.717, 1.165) is 12.1 Å². The van der Waals surface area contributed by atoms with Gasteiger partial charge in [0, 0.05) is 23.4 Å². The molecule has 0 aliphatic carbocycles. The summed E-state index contributed by atoms with van der Waals surface area (Å²) >= 11 is 0. The quantitative estimate of drug-likeness (QED) is 0.387. The van der Waals surface area contributed by atoms with Crippen molar-refractivity contribution in [2.24, 2.45) is 5.11 Å². The minimum atomic E-state index is -1.30. The molecule has 1 aromatic rings. The zero-order valence-corrected chi connectivity index (χ0v) is 10.0. The predicted octanol–water partition coefficient (Wildman–Crippen LogP) is 1.77. The summed E-state index contributed by atoms with van der Waals surface area (Å²) < 4.78 is 0. The highest BCUT2D eigenvalue weighted by atomic mass is 16.7. The Morgan fingerprint density at radius 2 is 2.00 bits per heavy atom. The maximum Gasteiger partial charge on any atom is 0.339 e. The van der Waals surface area contributed by atoms with Gasteiger partial charge in [-0.15, -0.1) is 5.06 Å². The fourth-order valence-corrected chi connectivity index (χ4v) is 1.63. The molecule has 20 heavy (non-hydrogen) atoms. The lowest BCUT2D eigenvalue weighted by molar-refractivity contribution is -0.164. The number of carboxylic acids is 1. The number of carboxylic acid groups (broad SMARTS) is 1. The summed E-state index contributed by atoms with van der Waals surface area (Å²) in [7, 11) is 0. The fraction of sp³-hybridized carbons (Fsp3) is 0.182. The fourth-order valence-electron chi connectivity index (χ4n) is 1.63. The lowest BCUT2D eigenvalue weighted by Crippen LogP contribution is -2.33. The van der Waals surface area contributed by atoms with Crippen molar-refractivity contribution in [1.82, 2.24) is 5.06 Å². The Kier molecular flexibility index (Phi) is 3.54. The number of aromatic carboxylic acids is 1. The van der Waals surface area contributed by atoms with Crippen molar-refractivity contribution in [2.45, 2.75) is 12.8 Å². The van der Waals surface area contributed by atoms with Crippen LogP contribution in [0.15, 0.2) is 23.3 Å². The van der Waals surface area contributed by atoms with E-state index < -0.39 is 17.8 Å². The van der Waals surface area contributed by atoms with E-state index in [1.807, 2.05) is 0 Å². The van der Waals surface area contributed by atoms with Crippen molar-refractivity contribution in [3.63, 3.8) is 0 Å². The number of nitrogens with zero attached hydrogens (tertiary/aromatic N) is 4. The molecule has 1 fully saturated rings. The minimum absolute atomic E-state index is 0.0112. The Bertz CT molecular complexity index is 634. The molecule has 1 N–H and O–H groups in total. The second-order valence-electron chi connectivity index (χ2n) is 3.85. The van der Waals surface area contributed by atoms with E-state index in [9.17, 15) is 14.4 Å². The van der Waals surface area contributed by atoms with Gasteiger partial charge in [0.15, 0.2) is 5.75 Å². The zero-order chi connectivity index (χ0) is 14.7. The molecule has 2 rings (SSSR count). The first kappa shape index (κ1) is 13.4. The third kappa shape index (κ3) is 2.52. The van der Waals surface area contributed by atoms with E-state index in [-0.39, 0.29) is 29.8 Å². The van der Waals surface area contributed by atoms with Crippen molar-refractivity contribution < 1.29 is 24.3 Å². The van der Waals surface area contributed by atoms with Crippen molar-refractivity contribution in [2.75, 3.05) is 0 Å². The Morgan fingerprint density at radius 3 is 2.55 bits per heavy atom. The minimum Gasteiger partial charge on any atom is -0.478 e. The highest BCUT2D eigenvalue weighted by Gasteiger charge is 2.32. The van der Waals surface area contributed by atoms with Crippen molar-refractivity contribution in [3.8, 4) is 5.75 Å². The normalized spacial score (nSPS) is 14.1. The molecule has 0 spiro atoms. The molecule has 1 heterocycles. The van der Waals surface area contributed by atoms with Crippen LogP contribution in [0.1, 0.15) is 23.2 Å². The summed E-state index contributed by atoms with van der Waals surface area (Å²) in [5.74, 6) is -2.65. The SMILES string of the molecule is [N-]=[N+]=Nc1ccc(C(=O)O)c(ON2C(=O)CCC2=O)c1. The van der Waals surface area contributed by atoms with Gasteiger partial charge >= 0.3 is 5.97 Å². The first-order valence-electron chi connectivity index (χ1n) is 5.49. The largest absolute Gasteiger partial charge is 0.478 e. The number of rotatable bonds is 4. The van der Waals surface area contributed by atoms with E-state index in [4.69, 9.17) is 15.5 Å². The second-order valence-corrected chi connectivity index (χ2v) is 3.85. The molecule has 1 aromatic carbocycles. The van der Waals surface area contributed by atoms with Crippen molar-refractivity contribution in [3.05, 3.63) is 34.2 Å². The standard InChI is InChI=1S/C11H8N4O5/c12-14-13-6-1-2-7(11(18)19)8(5-6)20-15-9(16)3-4-10(15)17/h1-2,5H,3-4H2,(H,18,19). The monoisotopic (exact) mass is 276 g/mol. The molecular formula is C11H8N4O5. The molecule has 1 aliphatic heterocycles. The van der Waals surface area contributed by atoms with Gasteiger partial charge in [-0.2, -0.15) is 0 Å². The van der Waals surface area contributed by atoms with Gasteiger partial charge < -0.3 is 9.94 Å². The number of azide groups is 1. The molecule has 9 nitrogen and oxygen atoms in total. The summed E-state index contributed by atoms with van der Waals surface area (Å²) in [4.78, 5) is 41.5. The summed E-state index contributed by atoms with van der Waals surface area (Å²) in [6, 6.07) is 3.58. The third-order valence-electron chi connectivity index (χ3n) is 2.55. The molecular weight excluding hydrogens is 268 g/mol. The van der Waals surface area contributed by atoms with Crippen LogP contribution in [-0.2, 0) is 9.59 Å². The zero-order valence-electron chi connectivity index (χ0n) is 10.0. The first-order valence-corrected chi connectivity index (χ1v) is 5.49. The van der Waals surface area contributed by atoms with Gasteiger partial charge in [0.05, 0.1) is 0 Å². The summed E-state index contributed by atoms with van der Waals surface area (Å²) in [6.45, 7) is 0. The molecule has 0 radical (unpaired) electrons. The van der Waals surface area contributed by atoms with Crippen LogP contribution in [0.5, 0.6) is 5.75 Å². The maximum atomic E-state index is 11.4. The lowest BCUT2D eigenvalue weighted by Gasteiger charge is -2.16. The number of amides is 2. The Labute approximate surface area is 111 Å². The molecule has 9 heteroatoms. The summed E-state index contributed by atoms with van der Waals surface area (Å²) in [5, 5.41) is 12.8. The van der Waals surface area contributed by atoms with E-state index in [0.29, 0.717) is 5.06 Å². The topological polar surface area (TPSA) is 133 Å². The number of carbonyl (C=O) groups is 3. The molecule has 102 valence electrons. The number of benzene rings is 1. The highest BCUT2D eigenvalue weighted by Crippen LogP contribution is 2.27. The second kappa shape index (κ2) is 5.29. The molecule has 0 unspecified atom stereocenters. The van der Waals surface area contributed by atoms with Crippen LogP contribution in [0.3, 0.4) is 0 Å². The molecule has 0 saturated carbocycles. The Morgan fingerprint density at radius 1 is 1.35 bits per heavy atom. The van der Waals surface area contributed by atoms with E-state index in [1.165, 1.54) is 6.07 Å². The molecule has 0 bridgehead atoms. The van der Waals surface area contributed by atoms with Crippen LogP contribution in [0.25, 0.3) is 10.4 Å². The third-order valence-corrected chi connectivity index (χ3v) is 2.55. The molecule has 0 aromatic heterocycles. The van der Waals surface area contributed by atoms with Gasteiger partial charge in [-0.1, -0.05) is 11.2 Å². The predicted molar refractivity (Wildman–Crippen MR) is 63.9 cm³/mol. The van der Waals surface area contributed by atoms with Gasteiger partial charge in [-0.3, -0.25) is 9.59 Å². The average Bonchev–Trinajstić information content (AvgIpc) is 2.71. The number of imide groups is 1. The van der Waals surface area contributed by atoms with Gasteiger partial charge in [0.2, 0.25) is 0 Å². The van der Waals surface area contributed by atoms with E-state index >= 15 is 0 Å². The Balaban J connectivity index is 2.39. The van der Waals surface area contributed by atoms with Gasteiger partial charge in [-0.25, -0.2) is 4.79 Å². The van der Waals surface area contributed by atoms with Crippen LogP contribution in [0.4, 0.5) is 5.69 Å². The highest BCUT2D eigenvalue weighted by molar-refractivity contribution is 6.01. The average molecular weight is 276 g/mol. The Hall–Kier alpha value is -3.06. The van der Waals surface area contributed by atoms with Crippen molar-refractivity contribution in [1.29, 1.82) is 0 Å². The molecule has 1 saturated heterocycles. The van der Waals surface area contributed by atoms with Crippen LogP contribution < -0.4 is 4.84 Å². The summed E-state index contributed by atoms with van der Waals surface area (Å²) in [5.41, 5.74) is 8.19. The molecule has 0 atom stereocenters. The lowest BCUT2D eigenvalue weighted by atomic mass is 10.2. The first-order chi connectivity index (χ1) is 9.52. The molecule has 1 aliphatic rings. The van der Waals surface area contributed by atoms with Gasteiger partial charge in [-0.05, 0) is 17.7 Å². The maximum absolute atomic E-state index is 11.4. The van der Waals surface area contributed by atoms with Gasteiger partial charge in [0.25, 0.3) is 11.8 Å². The van der Waals surface area contributed by atoms with E-state index in [1.54, 1.807) is 0 Å². The van der Waals surface area contributed by atoms with E-state index in [2.05, 4.69) is 10.0 Å². The molecule has 2 amide bonds. The smallest absolute Gasteiger partial charge is 0.339 e. The number of hydrogen-bond acceptors (Lipinski definition) is 5. The van der Waals surface area contributed by atoms with Crippen LogP contribution in [0, 0.1) is 0 Å². The number of hydrogen-bond donors (Lipinski definition) is 1. The van der Waals surface area contributed by atoms with Crippen LogP contribution in [0.2, 0.25) is 0 Å². The van der Waals surface area contributed by atoms with Crippen LogP contribution in [-0.4, -0.2) is 28.0 Å².